The number of thiocarbonyl (C=S) groups is 1. The molecule has 0 bridgehead atoms. The van der Waals surface area contributed by atoms with Crippen molar-refractivity contribution in [3.05, 3.63) is 47.7 Å². The van der Waals surface area contributed by atoms with Crippen molar-refractivity contribution in [2.24, 2.45) is 5.92 Å². The fraction of sp³-hybridized carbons (Fsp3) is 0.450. The quantitative estimate of drug-likeness (QED) is 0.793. The maximum absolute atomic E-state index is 5.46. The second-order valence-electron chi connectivity index (χ2n) is 7.12. The van der Waals surface area contributed by atoms with Gasteiger partial charge in [-0.15, -0.1) is 0 Å². The van der Waals surface area contributed by atoms with Gasteiger partial charge in [0.2, 0.25) is 5.95 Å². The molecule has 2 heterocycles. The highest BCUT2D eigenvalue weighted by molar-refractivity contribution is 7.80. The number of hydrogen-bond acceptors (Lipinski definition) is 4. The molecule has 26 heavy (non-hydrogen) atoms. The zero-order valence-electron chi connectivity index (χ0n) is 15.7. The summed E-state index contributed by atoms with van der Waals surface area (Å²) in [6.45, 7) is 8.47. The van der Waals surface area contributed by atoms with Crippen molar-refractivity contribution in [2.75, 3.05) is 23.3 Å². The summed E-state index contributed by atoms with van der Waals surface area (Å²) in [7, 11) is 0. The van der Waals surface area contributed by atoms with Crippen molar-refractivity contribution in [1.82, 2.24) is 15.3 Å². The van der Waals surface area contributed by atoms with Crippen molar-refractivity contribution in [3.8, 4) is 0 Å². The minimum absolute atomic E-state index is 0.114. The molecule has 0 spiro atoms. The van der Waals surface area contributed by atoms with E-state index in [1.807, 2.05) is 31.2 Å². The Hall–Kier alpha value is -2.21. The Morgan fingerprint density at radius 2 is 2.04 bits per heavy atom. The first kappa shape index (κ1) is 18.6. The molecule has 1 aliphatic rings. The average Bonchev–Trinajstić information content (AvgIpc) is 2.62. The van der Waals surface area contributed by atoms with Crippen LogP contribution in [-0.2, 0) is 0 Å². The molecule has 138 valence electrons. The lowest BCUT2D eigenvalue weighted by Gasteiger charge is -2.32. The number of anilines is 2. The van der Waals surface area contributed by atoms with E-state index < -0.39 is 0 Å². The molecule has 2 aromatic rings. The van der Waals surface area contributed by atoms with Crippen LogP contribution in [0.4, 0.5) is 11.8 Å². The standard InChI is InChI=1S/C20H27N5S/c1-14-8-7-11-25(13-14)18-12-15(2)21-19(23-18)24-20(26)22-16(3)17-9-5-4-6-10-17/h4-6,9-10,12,14,16H,7-8,11,13H2,1-3H3,(H2,21,22,23,24,26)/t14-,16+/m0/s1. The Labute approximate surface area is 161 Å². The fourth-order valence-electron chi connectivity index (χ4n) is 3.33. The summed E-state index contributed by atoms with van der Waals surface area (Å²) >= 11 is 5.46. The zero-order valence-corrected chi connectivity index (χ0v) is 16.5. The van der Waals surface area contributed by atoms with Gasteiger partial charge in [-0.05, 0) is 50.4 Å². The molecule has 1 aromatic heterocycles. The Bertz CT molecular complexity index is 749. The van der Waals surface area contributed by atoms with Gasteiger partial charge < -0.3 is 15.5 Å². The zero-order chi connectivity index (χ0) is 18.5. The number of rotatable bonds is 4. The average molecular weight is 370 g/mol. The van der Waals surface area contributed by atoms with Gasteiger partial charge in [-0.1, -0.05) is 37.3 Å². The van der Waals surface area contributed by atoms with Crippen molar-refractivity contribution >= 4 is 29.1 Å². The Morgan fingerprint density at radius 1 is 1.27 bits per heavy atom. The lowest BCUT2D eigenvalue weighted by molar-refractivity contribution is 0.444. The van der Waals surface area contributed by atoms with Gasteiger partial charge in [-0.25, -0.2) is 4.98 Å². The van der Waals surface area contributed by atoms with E-state index in [1.54, 1.807) is 0 Å². The number of piperidine rings is 1. The van der Waals surface area contributed by atoms with Crippen LogP contribution in [-0.4, -0.2) is 28.2 Å². The Balaban J connectivity index is 1.66. The molecule has 0 radical (unpaired) electrons. The highest BCUT2D eigenvalue weighted by Crippen LogP contribution is 2.22. The number of hydrogen-bond donors (Lipinski definition) is 2. The molecule has 0 aliphatic carbocycles. The molecule has 2 atom stereocenters. The van der Waals surface area contributed by atoms with Gasteiger partial charge in [0.25, 0.3) is 0 Å². The van der Waals surface area contributed by atoms with Crippen molar-refractivity contribution in [2.45, 2.75) is 39.7 Å². The molecule has 2 N–H and O–H groups in total. The van der Waals surface area contributed by atoms with E-state index in [4.69, 9.17) is 12.2 Å². The minimum Gasteiger partial charge on any atom is -0.356 e. The summed E-state index contributed by atoms with van der Waals surface area (Å²) in [6, 6.07) is 12.4. The predicted molar refractivity (Wildman–Crippen MR) is 112 cm³/mol. The van der Waals surface area contributed by atoms with E-state index in [1.165, 1.54) is 18.4 Å². The molecular weight excluding hydrogens is 342 g/mol. The largest absolute Gasteiger partial charge is 0.356 e. The summed E-state index contributed by atoms with van der Waals surface area (Å²) in [6.07, 6.45) is 2.50. The highest BCUT2D eigenvalue weighted by Gasteiger charge is 2.19. The van der Waals surface area contributed by atoms with E-state index in [2.05, 4.69) is 51.5 Å². The van der Waals surface area contributed by atoms with Gasteiger partial charge in [0, 0.05) is 24.8 Å². The summed E-state index contributed by atoms with van der Waals surface area (Å²) in [4.78, 5) is 11.5. The van der Waals surface area contributed by atoms with Crippen LogP contribution in [0.2, 0.25) is 0 Å². The Morgan fingerprint density at radius 3 is 2.77 bits per heavy atom. The smallest absolute Gasteiger partial charge is 0.231 e. The number of nitrogens with zero attached hydrogens (tertiary/aromatic N) is 3. The number of benzene rings is 1. The third-order valence-corrected chi connectivity index (χ3v) is 4.91. The summed E-state index contributed by atoms with van der Waals surface area (Å²) < 4.78 is 0. The number of nitrogens with one attached hydrogen (secondary N) is 2. The maximum atomic E-state index is 5.46. The summed E-state index contributed by atoms with van der Waals surface area (Å²) in [5.41, 5.74) is 2.12. The molecule has 0 unspecified atom stereocenters. The van der Waals surface area contributed by atoms with E-state index in [0.29, 0.717) is 17.0 Å². The monoisotopic (exact) mass is 369 g/mol. The molecule has 1 saturated heterocycles. The van der Waals surface area contributed by atoms with Crippen LogP contribution in [0, 0.1) is 12.8 Å². The van der Waals surface area contributed by atoms with Crippen LogP contribution in [0.1, 0.15) is 44.0 Å². The molecule has 1 fully saturated rings. The van der Waals surface area contributed by atoms with E-state index in [-0.39, 0.29) is 6.04 Å². The second-order valence-corrected chi connectivity index (χ2v) is 7.52. The van der Waals surface area contributed by atoms with E-state index in [9.17, 15) is 0 Å². The normalized spacial score (nSPS) is 18.3. The molecule has 6 heteroatoms. The topological polar surface area (TPSA) is 53.1 Å². The molecule has 1 aliphatic heterocycles. The first-order valence-corrected chi connectivity index (χ1v) is 9.65. The fourth-order valence-corrected chi connectivity index (χ4v) is 3.59. The van der Waals surface area contributed by atoms with E-state index >= 15 is 0 Å². The van der Waals surface area contributed by atoms with Crippen LogP contribution >= 0.6 is 12.2 Å². The lowest BCUT2D eigenvalue weighted by Crippen LogP contribution is -2.35. The molecule has 0 amide bonds. The van der Waals surface area contributed by atoms with Crippen LogP contribution in [0.5, 0.6) is 0 Å². The van der Waals surface area contributed by atoms with Gasteiger partial charge in [0.05, 0.1) is 6.04 Å². The molecule has 1 aromatic carbocycles. The third kappa shape index (κ3) is 4.91. The second kappa shape index (κ2) is 8.45. The number of aryl methyl sites for hydroxylation is 1. The van der Waals surface area contributed by atoms with E-state index in [0.717, 1.165) is 24.6 Å². The molecule has 5 nitrogen and oxygen atoms in total. The molecule has 0 saturated carbocycles. The predicted octanol–water partition coefficient (Wildman–Crippen LogP) is 4.07. The van der Waals surface area contributed by atoms with Crippen LogP contribution in [0.15, 0.2) is 36.4 Å². The summed E-state index contributed by atoms with van der Waals surface area (Å²) in [5, 5.41) is 6.97. The lowest BCUT2D eigenvalue weighted by atomic mass is 10.0. The SMILES string of the molecule is Cc1cc(N2CCC[C@H](C)C2)nc(NC(=S)N[C@H](C)c2ccccc2)n1. The number of aromatic nitrogens is 2. The highest BCUT2D eigenvalue weighted by atomic mass is 32.1. The molecular formula is C20H27N5S. The summed E-state index contributed by atoms with van der Waals surface area (Å²) in [5.74, 6) is 2.23. The maximum Gasteiger partial charge on any atom is 0.231 e. The third-order valence-electron chi connectivity index (χ3n) is 4.69. The van der Waals surface area contributed by atoms with Gasteiger partial charge in [0.15, 0.2) is 5.11 Å². The van der Waals surface area contributed by atoms with Crippen LogP contribution < -0.4 is 15.5 Å². The van der Waals surface area contributed by atoms with Gasteiger partial charge in [-0.3, -0.25) is 0 Å². The van der Waals surface area contributed by atoms with Crippen LogP contribution in [0.25, 0.3) is 0 Å². The minimum atomic E-state index is 0.114. The first-order valence-electron chi connectivity index (χ1n) is 9.24. The van der Waals surface area contributed by atoms with Crippen molar-refractivity contribution in [1.29, 1.82) is 0 Å². The van der Waals surface area contributed by atoms with Gasteiger partial charge in [0.1, 0.15) is 5.82 Å². The van der Waals surface area contributed by atoms with Crippen molar-refractivity contribution in [3.63, 3.8) is 0 Å². The van der Waals surface area contributed by atoms with Gasteiger partial charge >= 0.3 is 0 Å². The first-order chi connectivity index (χ1) is 12.5. The molecule has 3 rings (SSSR count). The van der Waals surface area contributed by atoms with Crippen LogP contribution in [0.3, 0.4) is 0 Å². The van der Waals surface area contributed by atoms with Gasteiger partial charge in [-0.2, -0.15) is 4.98 Å². The Kier molecular flexibility index (Phi) is 6.04. The van der Waals surface area contributed by atoms with Crippen molar-refractivity contribution < 1.29 is 0 Å².